The number of rotatable bonds is 8. The molecule has 0 saturated heterocycles. The summed E-state index contributed by atoms with van der Waals surface area (Å²) in [5.74, 6) is 0.556. The molecule has 2 rings (SSSR count). The molecular weight excluding hydrogens is 298 g/mol. The molecule has 1 fully saturated rings. The maximum atomic E-state index is 11.7. The van der Waals surface area contributed by atoms with Crippen LogP contribution in [0.4, 0.5) is 0 Å². The zero-order valence-electron chi connectivity index (χ0n) is 13.0. The minimum atomic E-state index is -0.102. The van der Waals surface area contributed by atoms with E-state index in [-0.39, 0.29) is 11.9 Å². The fourth-order valence-corrected chi connectivity index (χ4v) is 3.47. The Kier molecular flexibility index (Phi) is 7.43. The molecule has 0 bridgehead atoms. The van der Waals surface area contributed by atoms with Gasteiger partial charge in [0.15, 0.2) is 0 Å². The summed E-state index contributed by atoms with van der Waals surface area (Å²) in [5.41, 5.74) is 0. The molecular formula is C17H25NO3S. The van der Waals surface area contributed by atoms with Gasteiger partial charge in [-0.25, -0.2) is 0 Å². The van der Waals surface area contributed by atoms with Gasteiger partial charge in [-0.2, -0.15) is 0 Å². The van der Waals surface area contributed by atoms with Gasteiger partial charge in [0.2, 0.25) is 0 Å². The molecule has 1 aromatic rings. The summed E-state index contributed by atoms with van der Waals surface area (Å²) in [6.07, 6.45) is 8.65. The summed E-state index contributed by atoms with van der Waals surface area (Å²) in [5, 5.41) is 4.70. The molecule has 122 valence electrons. The van der Waals surface area contributed by atoms with E-state index in [0.29, 0.717) is 36.8 Å². The van der Waals surface area contributed by atoms with E-state index in [1.165, 1.54) is 43.4 Å². The van der Waals surface area contributed by atoms with E-state index in [0.717, 1.165) is 6.42 Å². The second kappa shape index (κ2) is 9.62. The summed E-state index contributed by atoms with van der Waals surface area (Å²) < 4.78 is 5.22. The monoisotopic (exact) mass is 323 g/mol. The molecule has 1 aromatic heterocycles. The molecule has 1 amide bonds. The summed E-state index contributed by atoms with van der Waals surface area (Å²) >= 11 is 1.42. The zero-order valence-corrected chi connectivity index (χ0v) is 13.8. The Morgan fingerprint density at radius 1 is 1.27 bits per heavy atom. The normalized spacial score (nSPS) is 15.5. The van der Waals surface area contributed by atoms with Gasteiger partial charge in [0.25, 0.3) is 5.91 Å². The Hall–Kier alpha value is -1.36. The number of hydrogen-bond donors (Lipinski definition) is 1. The standard InChI is InChI=1S/C17H25NO3S/c19-16(10-9-14-6-2-1-3-7-14)21-12-5-11-18-17(20)15-8-4-13-22-15/h4,8,13-14H,1-3,5-7,9-12H2,(H,18,20). The third-order valence-corrected chi connectivity index (χ3v) is 4.96. The van der Waals surface area contributed by atoms with Crippen LogP contribution in [0.1, 0.15) is 61.0 Å². The molecule has 0 atom stereocenters. The first kappa shape index (κ1) is 17.0. The smallest absolute Gasteiger partial charge is 0.305 e. The third kappa shape index (κ3) is 6.18. The highest BCUT2D eigenvalue weighted by Gasteiger charge is 2.15. The summed E-state index contributed by atoms with van der Waals surface area (Å²) in [6.45, 7) is 0.918. The largest absolute Gasteiger partial charge is 0.466 e. The molecule has 0 aliphatic heterocycles. The lowest BCUT2D eigenvalue weighted by atomic mass is 9.86. The van der Waals surface area contributed by atoms with Crippen LogP contribution in [0, 0.1) is 5.92 Å². The van der Waals surface area contributed by atoms with E-state index < -0.39 is 0 Å². The van der Waals surface area contributed by atoms with Crippen LogP contribution in [0.25, 0.3) is 0 Å². The number of hydrogen-bond acceptors (Lipinski definition) is 4. The Labute approximate surface area is 136 Å². The lowest BCUT2D eigenvalue weighted by molar-refractivity contribution is -0.144. The number of esters is 1. The summed E-state index contributed by atoms with van der Waals surface area (Å²) in [7, 11) is 0. The van der Waals surface area contributed by atoms with E-state index in [2.05, 4.69) is 5.32 Å². The minimum absolute atomic E-state index is 0.0568. The van der Waals surface area contributed by atoms with Crippen LogP contribution in [-0.2, 0) is 9.53 Å². The highest BCUT2D eigenvalue weighted by atomic mass is 32.1. The molecule has 0 radical (unpaired) electrons. The molecule has 1 saturated carbocycles. The van der Waals surface area contributed by atoms with E-state index >= 15 is 0 Å². The van der Waals surface area contributed by atoms with Crippen molar-refractivity contribution in [1.82, 2.24) is 5.32 Å². The zero-order chi connectivity index (χ0) is 15.6. The van der Waals surface area contributed by atoms with Crippen LogP contribution in [0.15, 0.2) is 17.5 Å². The number of nitrogens with one attached hydrogen (secondary N) is 1. The predicted octanol–water partition coefficient (Wildman–Crippen LogP) is 3.77. The number of thiophene rings is 1. The Morgan fingerprint density at radius 3 is 2.82 bits per heavy atom. The fourth-order valence-electron chi connectivity index (χ4n) is 2.82. The van der Waals surface area contributed by atoms with E-state index in [1.54, 1.807) is 6.07 Å². The Balaban J connectivity index is 1.47. The van der Waals surface area contributed by atoms with Crippen LogP contribution >= 0.6 is 11.3 Å². The van der Waals surface area contributed by atoms with Gasteiger partial charge in [-0.3, -0.25) is 9.59 Å². The SMILES string of the molecule is O=C(CCC1CCCCC1)OCCCNC(=O)c1cccs1. The molecule has 1 N–H and O–H groups in total. The van der Waals surface area contributed by atoms with Crippen molar-refractivity contribution in [2.75, 3.05) is 13.2 Å². The van der Waals surface area contributed by atoms with Gasteiger partial charge in [0.05, 0.1) is 11.5 Å². The lowest BCUT2D eigenvalue weighted by Gasteiger charge is -2.20. The van der Waals surface area contributed by atoms with Crippen molar-refractivity contribution in [3.63, 3.8) is 0 Å². The van der Waals surface area contributed by atoms with Crippen LogP contribution in [0.3, 0.4) is 0 Å². The molecule has 4 nitrogen and oxygen atoms in total. The second-order valence-corrected chi connectivity index (χ2v) is 6.80. The number of ether oxygens (including phenoxy) is 1. The van der Waals surface area contributed by atoms with Gasteiger partial charge < -0.3 is 10.1 Å². The average molecular weight is 323 g/mol. The predicted molar refractivity (Wildman–Crippen MR) is 88.0 cm³/mol. The number of carbonyl (C=O) groups excluding carboxylic acids is 2. The van der Waals surface area contributed by atoms with Crippen molar-refractivity contribution in [2.45, 2.75) is 51.4 Å². The maximum Gasteiger partial charge on any atom is 0.305 e. The van der Waals surface area contributed by atoms with Gasteiger partial charge in [-0.15, -0.1) is 11.3 Å². The maximum absolute atomic E-state index is 11.7. The molecule has 0 spiro atoms. The van der Waals surface area contributed by atoms with Crippen LogP contribution in [0.5, 0.6) is 0 Å². The van der Waals surface area contributed by atoms with Crippen molar-refractivity contribution in [1.29, 1.82) is 0 Å². The lowest BCUT2D eigenvalue weighted by Crippen LogP contribution is -2.24. The highest BCUT2D eigenvalue weighted by Crippen LogP contribution is 2.27. The van der Waals surface area contributed by atoms with Crippen molar-refractivity contribution >= 4 is 23.2 Å². The molecule has 22 heavy (non-hydrogen) atoms. The molecule has 1 heterocycles. The quantitative estimate of drug-likeness (QED) is 0.585. The van der Waals surface area contributed by atoms with Crippen LogP contribution in [-0.4, -0.2) is 25.0 Å². The highest BCUT2D eigenvalue weighted by molar-refractivity contribution is 7.12. The van der Waals surface area contributed by atoms with Gasteiger partial charge in [-0.05, 0) is 30.2 Å². The first-order valence-corrected chi connectivity index (χ1v) is 9.11. The Bertz CT molecular complexity index is 452. The first-order chi connectivity index (χ1) is 10.8. The fraction of sp³-hybridized carbons (Fsp3) is 0.647. The van der Waals surface area contributed by atoms with Gasteiger partial charge in [0.1, 0.15) is 0 Å². The van der Waals surface area contributed by atoms with E-state index in [1.807, 2.05) is 11.4 Å². The van der Waals surface area contributed by atoms with Crippen molar-refractivity contribution < 1.29 is 14.3 Å². The van der Waals surface area contributed by atoms with Crippen molar-refractivity contribution in [3.8, 4) is 0 Å². The van der Waals surface area contributed by atoms with E-state index in [4.69, 9.17) is 4.74 Å². The van der Waals surface area contributed by atoms with Crippen LogP contribution < -0.4 is 5.32 Å². The molecule has 1 aliphatic rings. The van der Waals surface area contributed by atoms with Crippen molar-refractivity contribution in [2.24, 2.45) is 5.92 Å². The molecule has 1 aliphatic carbocycles. The molecule has 5 heteroatoms. The molecule has 0 unspecified atom stereocenters. The summed E-state index contributed by atoms with van der Waals surface area (Å²) in [6, 6.07) is 3.65. The van der Waals surface area contributed by atoms with E-state index in [9.17, 15) is 9.59 Å². The van der Waals surface area contributed by atoms with Gasteiger partial charge in [-0.1, -0.05) is 38.2 Å². The average Bonchev–Trinajstić information content (AvgIpc) is 3.08. The summed E-state index contributed by atoms with van der Waals surface area (Å²) in [4.78, 5) is 24.0. The first-order valence-electron chi connectivity index (χ1n) is 8.23. The minimum Gasteiger partial charge on any atom is -0.466 e. The molecule has 0 aromatic carbocycles. The van der Waals surface area contributed by atoms with Crippen molar-refractivity contribution in [3.05, 3.63) is 22.4 Å². The number of amides is 1. The van der Waals surface area contributed by atoms with Gasteiger partial charge >= 0.3 is 5.97 Å². The van der Waals surface area contributed by atoms with Crippen LogP contribution in [0.2, 0.25) is 0 Å². The third-order valence-electron chi connectivity index (χ3n) is 4.10. The number of carbonyl (C=O) groups is 2. The second-order valence-electron chi connectivity index (χ2n) is 5.85. The topological polar surface area (TPSA) is 55.4 Å². The Morgan fingerprint density at radius 2 is 2.09 bits per heavy atom. The van der Waals surface area contributed by atoms with Gasteiger partial charge in [0, 0.05) is 13.0 Å².